The van der Waals surface area contributed by atoms with Crippen molar-refractivity contribution in [1.29, 1.82) is 0 Å². The van der Waals surface area contributed by atoms with Gasteiger partial charge in [0.2, 0.25) is 5.91 Å². The predicted molar refractivity (Wildman–Crippen MR) is 115 cm³/mol. The molecule has 1 aliphatic rings. The molecule has 1 fully saturated rings. The van der Waals surface area contributed by atoms with Gasteiger partial charge >= 0.3 is 5.97 Å². The molecule has 6 nitrogen and oxygen atoms in total. The number of rotatable bonds is 4. The van der Waals surface area contributed by atoms with Gasteiger partial charge in [0.25, 0.3) is 0 Å². The average Bonchev–Trinajstić information content (AvgIpc) is 3.10. The third-order valence-electron chi connectivity index (χ3n) is 6.24. The molecule has 0 radical (unpaired) electrons. The van der Waals surface area contributed by atoms with Gasteiger partial charge in [-0.25, -0.2) is 4.98 Å². The topological polar surface area (TPSA) is 74.9 Å². The van der Waals surface area contributed by atoms with Crippen molar-refractivity contribution in [2.24, 2.45) is 5.92 Å². The second-order valence-corrected chi connectivity index (χ2v) is 8.26. The Morgan fingerprint density at radius 1 is 1.07 bits per heavy atom. The van der Waals surface area contributed by atoms with Crippen molar-refractivity contribution in [3.63, 3.8) is 0 Å². The largest absolute Gasteiger partial charge is 0.481 e. The number of likely N-dealkylation sites (tertiary alicyclic amines) is 1. The van der Waals surface area contributed by atoms with Crippen LogP contribution in [-0.4, -0.2) is 44.4 Å². The molecule has 0 aliphatic carbocycles. The first-order valence-corrected chi connectivity index (χ1v) is 10.4. The fourth-order valence-electron chi connectivity index (χ4n) is 4.17. The van der Waals surface area contributed by atoms with E-state index in [4.69, 9.17) is 4.98 Å². The smallest absolute Gasteiger partial charge is 0.306 e. The first-order valence-electron chi connectivity index (χ1n) is 10.4. The molecular formula is C24H27N3O3. The summed E-state index contributed by atoms with van der Waals surface area (Å²) < 4.78 is 2.02. The molecular weight excluding hydrogens is 378 g/mol. The fourth-order valence-corrected chi connectivity index (χ4v) is 4.17. The number of fused-ring (bicyclic) bond motifs is 1. The van der Waals surface area contributed by atoms with E-state index in [2.05, 4.69) is 32.0 Å². The van der Waals surface area contributed by atoms with E-state index < -0.39 is 5.97 Å². The van der Waals surface area contributed by atoms with Crippen molar-refractivity contribution in [3.05, 3.63) is 58.9 Å². The molecule has 30 heavy (non-hydrogen) atoms. The van der Waals surface area contributed by atoms with Gasteiger partial charge in [0.1, 0.15) is 5.65 Å². The first kappa shape index (κ1) is 20.1. The number of aryl methyl sites for hydroxylation is 3. The lowest BCUT2D eigenvalue weighted by molar-refractivity contribution is -0.145. The Labute approximate surface area is 176 Å². The normalized spacial score (nSPS) is 15.0. The zero-order valence-corrected chi connectivity index (χ0v) is 17.7. The van der Waals surface area contributed by atoms with Gasteiger partial charge in [0.05, 0.1) is 23.7 Å². The number of carboxylic acid groups (broad SMARTS) is 1. The molecule has 0 unspecified atom stereocenters. The van der Waals surface area contributed by atoms with E-state index in [1.165, 1.54) is 11.1 Å². The monoisotopic (exact) mass is 405 g/mol. The molecule has 1 saturated heterocycles. The van der Waals surface area contributed by atoms with Crippen molar-refractivity contribution in [1.82, 2.24) is 14.3 Å². The van der Waals surface area contributed by atoms with Gasteiger partial charge < -0.3 is 14.4 Å². The van der Waals surface area contributed by atoms with Crippen LogP contribution in [0.5, 0.6) is 0 Å². The van der Waals surface area contributed by atoms with E-state index in [9.17, 15) is 14.7 Å². The van der Waals surface area contributed by atoms with Crippen LogP contribution in [0.15, 0.2) is 36.5 Å². The molecule has 3 heterocycles. The molecule has 1 aliphatic heterocycles. The zero-order chi connectivity index (χ0) is 21.4. The van der Waals surface area contributed by atoms with Crippen LogP contribution in [0.2, 0.25) is 0 Å². The maximum absolute atomic E-state index is 13.1. The summed E-state index contributed by atoms with van der Waals surface area (Å²) in [5, 5.41) is 9.20. The fraction of sp³-hybridized carbons (Fsp3) is 0.375. The molecule has 2 aromatic heterocycles. The summed E-state index contributed by atoms with van der Waals surface area (Å²) in [6.45, 7) is 7.17. The third-order valence-corrected chi connectivity index (χ3v) is 6.24. The van der Waals surface area contributed by atoms with Gasteiger partial charge in [-0.15, -0.1) is 0 Å². The lowest BCUT2D eigenvalue weighted by atomic mass is 9.96. The van der Waals surface area contributed by atoms with Gasteiger partial charge in [-0.1, -0.05) is 18.2 Å². The zero-order valence-electron chi connectivity index (χ0n) is 17.7. The van der Waals surface area contributed by atoms with Crippen LogP contribution in [0.4, 0.5) is 0 Å². The molecule has 1 N–H and O–H groups in total. The van der Waals surface area contributed by atoms with Crippen LogP contribution in [0.1, 0.15) is 35.2 Å². The summed E-state index contributed by atoms with van der Waals surface area (Å²) >= 11 is 0. The van der Waals surface area contributed by atoms with Crippen molar-refractivity contribution in [3.8, 4) is 11.3 Å². The highest BCUT2D eigenvalue weighted by atomic mass is 16.4. The Kier molecular flexibility index (Phi) is 5.33. The summed E-state index contributed by atoms with van der Waals surface area (Å²) in [4.78, 5) is 31.0. The van der Waals surface area contributed by atoms with Gasteiger partial charge in [-0.2, -0.15) is 0 Å². The van der Waals surface area contributed by atoms with Crippen LogP contribution in [0.25, 0.3) is 16.9 Å². The highest BCUT2D eigenvalue weighted by Crippen LogP contribution is 2.28. The van der Waals surface area contributed by atoms with E-state index in [1.807, 2.05) is 29.7 Å². The van der Waals surface area contributed by atoms with E-state index in [-0.39, 0.29) is 18.2 Å². The van der Waals surface area contributed by atoms with Crippen LogP contribution >= 0.6 is 0 Å². The molecule has 0 spiro atoms. The quantitative estimate of drug-likeness (QED) is 0.717. The number of carbonyl (C=O) groups is 2. The molecule has 1 aromatic carbocycles. The van der Waals surface area contributed by atoms with Crippen LogP contribution < -0.4 is 0 Å². The van der Waals surface area contributed by atoms with Gasteiger partial charge in [-0.3, -0.25) is 9.59 Å². The number of hydrogen-bond acceptors (Lipinski definition) is 3. The Hall–Kier alpha value is -3.15. The lowest BCUT2D eigenvalue weighted by Crippen LogP contribution is -2.41. The second kappa shape index (κ2) is 7.94. The van der Waals surface area contributed by atoms with E-state index in [1.54, 1.807) is 4.90 Å². The number of pyridine rings is 1. The molecule has 3 aromatic rings. The van der Waals surface area contributed by atoms with Gasteiger partial charge in [0, 0.05) is 24.8 Å². The molecule has 0 atom stereocenters. The Bertz CT molecular complexity index is 1120. The Balaban J connectivity index is 1.69. The van der Waals surface area contributed by atoms with Gasteiger partial charge in [0.15, 0.2) is 0 Å². The summed E-state index contributed by atoms with van der Waals surface area (Å²) in [6.07, 6.45) is 3.22. The number of amides is 1. The molecule has 1 amide bonds. The van der Waals surface area contributed by atoms with Crippen LogP contribution in [0.3, 0.4) is 0 Å². The van der Waals surface area contributed by atoms with Crippen molar-refractivity contribution in [2.75, 3.05) is 13.1 Å². The van der Waals surface area contributed by atoms with Crippen molar-refractivity contribution >= 4 is 17.5 Å². The highest BCUT2D eigenvalue weighted by molar-refractivity contribution is 5.82. The van der Waals surface area contributed by atoms with Crippen LogP contribution in [-0.2, 0) is 16.0 Å². The van der Waals surface area contributed by atoms with Crippen molar-refractivity contribution in [2.45, 2.75) is 40.0 Å². The summed E-state index contributed by atoms with van der Waals surface area (Å²) in [5.74, 6) is -1.10. The standard InChI is InChI=1S/C24H27N3O3/c1-15-6-7-19(13-17(15)3)22-20(27-10-4-5-16(2)23(27)25-22)14-21(28)26-11-8-18(9-12-26)24(29)30/h4-7,10,13,18H,8-9,11-12,14H2,1-3H3,(H,29,30). The second-order valence-electron chi connectivity index (χ2n) is 8.26. The third kappa shape index (κ3) is 3.70. The number of benzene rings is 1. The Morgan fingerprint density at radius 3 is 2.47 bits per heavy atom. The Morgan fingerprint density at radius 2 is 1.80 bits per heavy atom. The molecule has 6 heteroatoms. The number of carboxylic acids is 1. The number of nitrogens with zero attached hydrogens (tertiary/aromatic N) is 3. The van der Waals surface area contributed by atoms with Crippen LogP contribution in [0, 0.1) is 26.7 Å². The minimum absolute atomic E-state index is 0.0206. The SMILES string of the molecule is Cc1ccc(-c2nc3c(C)cccn3c2CC(=O)N2CCC(C(=O)O)CC2)cc1C. The predicted octanol–water partition coefficient (Wildman–Crippen LogP) is 3.79. The minimum Gasteiger partial charge on any atom is -0.481 e. The maximum atomic E-state index is 13.1. The average molecular weight is 405 g/mol. The minimum atomic E-state index is -0.767. The summed E-state index contributed by atoms with van der Waals surface area (Å²) in [7, 11) is 0. The molecule has 0 bridgehead atoms. The van der Waals surface area contributed by atoms with E-state index >= 15 is 0 Å². The highest BCUT2D eigenvalue weighted by Gasteiger charge is 2.28. The molecule has 4 rings (SSSR count). The lowest BCUT2D eigenvalue weighted by Gasteiger charge is -2.30. The van der Waals surface area contributed by atoms with Crippen molar-refractivity contribution < 1.29 is 14.7 Å². The van der Waals surface area contributed by atoms with Gasteiger partial charge in [-0.05, 0) is 62.4 Å². The maximum Gasteiger partial charge on any atom is 0.306 e. The summed E-state index contributed by atoms with van der Waals surface area (Å²) in [6, 6.07) is 10.3. The number of imidazole rings is 1. The number of aliphatic carboxylic acids is 1. The number of aromatic nitrogens is 2. The first-order chi connectivity index (χ1) is 14.3. The number of carbonyl (C=O) groups excluding carboxylic acids is 1. The summed E-state index contributed by atoms with van der Waals surface area (Å²) in [5.41, 5.74) is 7.05. The number of piperidine rings is 1. The molecule has 156 valence electrons. The number of hydrogen-bond donors (Lipinski definition) is 1. The van der Waals surface area contributed by atoms with E-state index in [0.29, 0.717) is 25.9 Å². The van der Waals surface area contributed by atoms with E-state index in [0.717, 1.165) is 28.2 Å². The molecule has 0 saturated carbocycles.